The Labute approximate surface area is 445 Å². The van der Waals surface area contributed by atoms with Crippen LogP contribution in [0.2, 0.25) is 0 Å². The second-order valence-electron chi connectivity index (χ2n) is 21.3. The fourth-order valence-electron chi connectivity index (χ4n) is 9.48. The molecule has 426 valence electrons. The zero-order chi connectivity index (χ0) is 53.0. The number of rotatable bonds is 56. The molecule has 2 atom stereocenters. The first kappa shape index (κ1) is 69.8. The van der Waals surface area contributed by atoms with Gasteiger partial charge in [-0.2, -0.15) is 0 Å². The third-order valence-electron chi connectivity index (χ3n) is 14.4. The highest BCUT2D eigenvalue weighted by molar-refractivity contribution is 5.73. The van der Waals surface area contributed by atoms with Crippen molar-refractivity contribution in [1.82, 2.24) is 14.7 Å². The second-order valence-corrected chi connectivity index (χ2v) is 21.3. The predicted molar refractivity (Wildman–Crippen MR) is 301 cm³/mol. The number of esters is 4. The van der Waals surface area contributed by atoms with E-state index < -0.39 is 0 Å². The molecule has 0 bridgehead atoms. The lowest BCUT2D eigenvalue weighted by atomic mass is 9.95. The highest BCUT2D eigenvalue weighted by atomic mass is 16.5. The molecule has 0 saturated carbocycles. The summed E-state index contributed by atoms with van der Waals surface area (Å²) in [6.07, 6.45) is 38.8. The lowest BCUT2D eigenvalue weighted by Gasteiger charge is -2.26. The van der Waals surface area contributed by atoms with E-state index >= 15 is 0 Å². The highest BCUT2D eigenvalue weighted by Gasteiger charge is 2.22. The first-order valence-corrected chi connectivity index (χ1v) is 30.9. The molecule has 11 nitrogen and oxygen atoms in total. The van der Waals surface area contributed by atoms with E-state index in [9.17, 15) is 19.2 Å². The van der Waals surface area contributed by atoms with Gasteiger partial charge in [-0.3, -0.25) is 29.0 Å². The van der Waals surface area contributed by atoms with E-state index in [2.05, 4.69) is 63.3 Å². The smallest absolute Gasteiger partial charge is 0.308 e. The Morgan fingerprint density at radius 1 is 0.306 bits per heavy atom. The Kier molecular flexibility index (Phi) is 51.9. The van der Waals surface area contributed by atoms with Crippen molar-refractivity contribution in [3.8, 4) is 0 Å². The minimum atomic E-state index is -0.154. The third-order valence-corrected chi connectivity index (χ3v) is 14.4. The van der Waals surface area contributed by atoms with Gasteiger partial charge < -0.3 is 23.8 Å². The SMILES string of the molecule is CCCCCCCCCCOC(=O)CCN(CCCN(C)CCCN(CCOC(=O)C(CCCC)CCCCCC)CCC(=O)OCCCCCCCCCC)CCOC(=O)C(CCCC)CCCCCC. The zero-order valence-electron chi connectivity index (χ0n) is 48.7. The quantitative estimate of drug-likeness (QED) is 0.0329. The summed E-state index contributed by atoms with van der Waals surface area (Å²) in [6, 6.07) is 0. The van der Waals surface area contributed by atoms with Crippen molar-refractivity contribution in [2.45, 2.75) is 273 Å². The summed E-state index contributed by atoms with van der Waals surface area (Å²) < 4.78 is 23.2. The summed E-state index contributed by atoms with van der Waals surface area (Å²) in [6.45, 7) is 20.6. The van der Waals surface area contributed by atoms with Crippen LogP contribution in [0.25, 0.3) is 0 Å². The average Bonchev–Trinajstić information content (AvgIpc) is 3.37. The molecule has 0 radical (unpaired) electrons. The van der Waals surface area contributed by atoms with Crippen molar-refractivity contribution in [3.63, 3.8) is 0 Å². The average molecular weight is 1020 g/mol. The van der Waals surface area contributed by atoms with Crippen LogP contribution in [0.1, 0.15) is 273 Å². The molecule has 0 aliphatic carbocycles. The van der Waals surface area contributed by atoms with Gasteiger partial charge in [-0.1, -0.05) is 208 Å². The largest absolute Gasteiger partial charge is 0.466 e. The van der Waals surface area contributed by atoms with Gasteiger partial charge in [0.1, 0.15) is 13.2 Å². The van der Waals surface area contributed by atoms with Crippen LogP contribution in [-0.4, -0.2) is 124 Å². The Morgan fingerprint density at radius 2 is 0.611 bits per heavy atom. The van der Waals surface area contributed by atoms with Crippen LogP contribution >= 0.6 is 0 Å². The molecule has 0 fully saturated rings. The van der Waals surface area contributed by atoms with Gasteiger partial charge in [-0.05, 0) is 84.6 Å². The molecular weight excluding hydrogens is 903 g/mol. The molecule has 2 unspecified atom stereocenters. The van der Waals surface area contributed by atoms with Crippen LogP contribution in [0.5, 0.6) is 0 Å². The van der Waals surface area contributed by atoms with Gasteiger partial charge in [0.15, 0.2) is 0 Å². The molecule has 0 spiro atoms. The highest BCUT2D eigenvalue weighted by Crippen LogP contribution is 2.21. The van der Waals surface area contributed by atoms with Crippen molar-refractivity contribution in [2.24, 2.45) is 11.8 Å². The Morgan fingerprint density at radius 3 is 0.958 bits per heavy atom. The summed E-state index contributed by atoms with van der Waals surface area (Å²) in [5, 5.41) is 0. The van der Waals surface area contributed by atoms with Crippen LogP contribution in [0.15, 0.2) is 0 Å². The number of ether oxygens (including phenoxy) is 4. The van der Waals surface area contributed by atoms with Crippen molar-refractivity contribution in [1.29, 1.82) is 0 Å². The van der Waals surface area contributed by atoms with E-state index in [4.69, 9.17) is 18.9 Å². The topological polar surface area (TPSA) is 115 Å². The van der Waals surface area contributed by atoms with Gasteiger partial charge in [-0.25, -0.2) is 0 Å². The van der Waals surface area contributed by atoms with E-state index in [0.717, 1.165) is 142 Å². The molecule has 0 heterocycles. The van der Waals surface area contributed by atoms with E-state index in [-0.39, 0.29) is 35.7 Å². The molecule has 0 saturated heterocycles. The minimum absolute atomic E-state index is 0.0347. The van der Waals surface area contributed by atoms with E-state index in [1.165, 1.54) is 103 Å². The number of carbonyl (C=O) groups excluding carboxylic acids is 4. The Hall–Kier alpha value is -2.24. The van der Waals surface area contributed by atoms with E-state index in [1.54, 1.807) is 0 Å². The minimum Gasteiger partial charge on any atom is -0.466 e. The standard InChI is InChI=1S/C61H119N3O8/c1-8-14-20-24-26-28-30-34-52-69-58(65)42-48-63(50-54-71-60(67)56(38-18-12-5)40-32-22-16-10-3)46-36-44-62(7)45-37-47-64(49-43-59(66)70-53-35-31-29-27-25-21-15-9-2)51-55-72-61(68)57(39-19-13-6)41-33-23-17-11-4/h56-57H,8-55H2,1-7H3. The van der Waals surface area contributed by atoms with Crippen LogP contribution in [0.4, 0.5) is 0 Å². The maximum atomic E-state index is 13.3. The van der Waals surface area contributed by atoms with Crippen LogP contribution in [0.3, 0.4) is 0 Å². The van der Waals surface area contributed by atoms with Crippen LogP contribution in [0, 0.1) is 11.8 Å². The van der Waals surface area contributed by atoms with Gasteiger partial charge in [0.05, 0.1) is 37.9 Å². The molecule has 11 heteroatoms. The maximum Gasteiger partial charge on any atom is 0.308 e. The molecule has 0 rings (SSSR count). The van der Waals surface area contributed by atoms with Gasteiger partial charge in [0.25, 0.3) is 0 Å². The fraction of sp³-hybridized carbons (Fsp3) is 0.934. The van der Waals surface area contributed by atoms with Gasteiger partial charge in [0.2, 0.25) is 0 Å². The normalized spacial score (nSPS) is 12.5. The Bertz CT molecular complexity index is 1130. The molecule has 0 N–H and O–H groups in total. The summed E-state index contributed by atoms with van der Waals surface area (Å²) in [5.74, 6) is -0.514. The van der Waals surface area contributed by atoms with Gasteiger partial charge in [-0.15, -0.1) is 0 Å². The van der Waals surface area contributed by atoms with Gasteiger partial charge >= 0.3 is 23.9 Å². The number of hydrogen-bond acceptors (Lipinski definition) is 11. The summed E-state index contributed by atoms with van der Waals surface area (Å²) in [4.78, 5) is 59.1. The maximum absolute atomic E-state index is 13.3. The number of unbranched alkanes of at least 4 members (excludes halogenated alkanes) is 22. The van der Waals surface area contributed by atoms with Crippen molar-refractivity contribution in [2.75, 3.05) is 85.8 Å². The molecule has 0 aromatic rings. The summed E-state index contributed by atoms with van der Waals surface area (Å²) >= 11 is 0. The first-order chi connectivity index (χ1) is 35.1. The fourth-order valence-corrected chi connectivity index (χ4v) is 9.48. The monoisotopic (exact) mass is 1020 g/mol. The lowest BCUT2D eigenvalue weighted by molar-refractivity contribution is -0.150. The molecular formula is C61H119N3O8. The lowest BCUT2D eigenvalue weighted by Crippen LogP contribution is -2.35. The molecule has 72 heavy (non-hydrogen) atoms. The van der Waals surface area contributed by atoms with E-state index in [1.807, 2.05) is 0 Å². The van der Waals surface area contributed by atoms with Crippen LogP contribution in [-0.2, 0) is 38.1 Å². The van der Waals surface area contributed by atoms with Crippen molar-refractivity contribution in [3.05, 3.63) is 0 Å². The zero-order valence-corrected chi connectivity index (χ0v) is 48.7. The first-order valence-electron chi connectivity index (χ1n) is 30.9. The second kappa shape index (κ2) is 53.6. The number of carbonyl (C=O) groups is 4. The summed E-state index contributed by atoms with van der Waals surface area (Å²) in [5.41, 5.74) is 0. The van der Waals surface area contributed by atoms with Crippen molar-refractivity contribution >= 4 is 23.9 Å². The molecule has 0 aromatic heterocycles. The number of nitrogens with zero attached hydrogens (tertiary/aromatic N) is 3. The van der Waals surface area contributed by atoms with Gasteiger partial charge in [0, 0.05) is 26.2 Å². The van der Waals surface area contributed by atoms with Crippen molar-refractivity contribution < 1.29 is 38.1 Å². The molecule has 0 aliphatic heterocycles. The third kappa shape index (κ3) is 45.2. The Balaban J connectivity index is 5.38. The number of hydrogen-bond donors (Lipinski definition) is 0. The summed E-state index contributed by atoms with van der Waals surface area (Å²) in [7, 11) is 2.15. The van der Waals surface area contributed by atoms with Crippen LogP contribution < -0.4 is 0 Å². The molecule has 0 aliphatic rings. The van der Waals surface area contributed by atoms with E-state index in [0.29, 0.717) is 65.4 Å². The predicted octanol–water partition coefficient (Wildman–Crippen LogP) is 15.1. The molecule has 0 aromatic carbocycles. The molecule has 0 amide bonds.